The lowest BCUT2D eigenvalue weighted by Crippen LogP contribution is -2.51. The molecule has 0 atom stereocenters. The Kier molecular flexibility index (Phi) is 5.53. The van der Waals surface area contributed by atoms with Gasteiger partial charge in [-0.05, 0) is 24.6 Å². The van der Waals surface area contributed by atoms with Crippen LogP contribution in [0.2, 0.25) is 0 Å². The van der Waals surface area contributed by atoms with Gasteiger partial charge in [0.25, 0.3) is 0 Å². The van der Waals surface area contributed by atoms with Gasteiger partial charge < -0.3 is 19.9 Å². The summed E-state index contributed by atoms with van der Waals surface area (Å²) < 4.78 is 5.48. The van der Waals surface area contributed by atoms with Crippen molar-refractivity contribution in [3.63, 3.8) is 0 Å². The van der Waals surface area contributed by atoms with Gasteiger partial charge in [-0.2, -0.15) is 0 Å². The number of hydrogen-bond acceptors (Lipinski definition) is 5. The second-order valence-electron chi connectivity index (χ2n) is 5.53. The first kappa shape index (κ1) is 16.6. The van der Waals surface area contributed by atoms with Crippen molar-refractivity contribution in [3.8, 4) is 5.75 Å². The van der Waals surface area contributed by atoms with E-state index in [0.717, 1.165) is 29.5 Å². The fraction of sp³-hybridized carbons (Fsp3) is 0.412. The molecular formula is C17H22N4O2S. The van der Waals surface area contributed by atoms with E-state index in [0.29, 0.717) is 26.2 Å². The molecule has 0 spiro atoms. The first-order chi connectivity index (χ1) is 11.8. The molecular weight excluding hydrogens is 324 g/mol. The van der Waals surface area contributed by atoms with Gasteiger partial charge >= 0.3 is 6.03 Å². The molecule has 0 unspecified atom stereocenters. The van der Waals surface area contributed by atoms with Crippen molar-refractivity contribution in [3.05, 3.63) is 41.4 Å². The molecule has 1 fully saturated rings. The van der Waals surface area contributed by atoms with Gasteiger partial charge in [0.1, 0.15) is 5.75 Å². The molecule has 7 heteroatoms. The first-order valence-corrected chi connectivity index (χ1v) is 9.03. The molecule has 1 aromatic heterocycles. The Labute approximate surface area is 146 Å². The number of aromatic nitrogens is 1. The van der Waals surface area contributed by atoms with Crippen molar-refractivity contribution < 1.29 is 9.53 Å². The van der Waals surface area contributed by atoms with Crippen molar-refractivity contribution in [2.24, 2.45) is 0 Å². The molecule has 1 N–H and O–H groups in total. The van der Waals surface area contributed by atoms with Crippen LogP contribution in [0.5, 0.6) is 5.75 Å². The number of ether oxygens (including phenoxy) is 1. The number of amides is 2. The largest absolute Gasteiger partial charge is 0.494 e. The van der Waals surface area contributed by atoms with Crippen LogP contribution in [0.25, 0.3) is 0 Å². The summed E-state index contributed by atoms with van der Waals surface area (Å²) in [5.74, 6) is 0.835. The molecule has 128 valence electrons. The highest BCUT2D eigenvalue weighted by Gasteiger charge is 2.22. The zero-order chi connectivity index (χ0) is 16.8. The third-order valence-corrected chi connectivity index (χ3v) is 4.74. The van der Waals surface area contributed by atoms with Gasteiger partial charge in [0.05, 0.1) is 6.61 Å². The summed E-state index contributed by atoms with van der Waals surface area (Å²) in [5, 5.41) is 5.99. The SMILES string of the molecule is CCOc1cccc(CNC(=O)N2CCN(c3nccs3)CC2)c1. The Hall–Kier alpha value is -2.28. The van der Waals surface area contributed by atoms with Crippen molar-refractivity contribution in [2.45, 2.75) is 13.5 Å². The molecule has 3 rings (SSSR count). The number of hydrogen-bond donors (Lipinski definition) is 1. The average Bonchev–Trinajstić information content (AvgIpc) is 3.15. The van der Waals surface area contributed by atoms with E-state index in [4.69, 9.17) is 4.74 Å². The number of nitrogens with one attached hydrogen (secondary N) is 1. The number of anilines is 1. The van der Waals surface area contributed by atoms with E-state index in [1.165, 1.54) is 0 Å². The van der Waals surface area contributed by atoms with E-state index in [1.807, 2.05) is 47.7 Å². The Morgan fingerprint density at radius 2 is 2.17 bits per heavy atom. The predicted octanol–water partition coefficient (Wildman–Crippen LogP) is 2.57. The van der Waals surface area contributed by atoms with E-state index < -0.39 is 0 Å². The second kappa shape index (κ2) is 8.01. The number of rotatable bonds is 5. The maximum Gasteiger partial charge on any atom is 0.317 e. The summed E-state index contributed by atoms with van der Waals surface area (Å²) in [6.07, 6.45) is 1.81. The summed E-state index contributed by atoms with van der Waals surface area (Å²) >= 11 is 1.64. The van der Waals surface area contributed by atoms with Crippen LogP contribution in [0.4, 0.5) is 9.93 Å². The molecule has 6 nitrogen and oxygen atoms in total. The molecule has 1 aromatic carbocycles. The Morgan fingerprint density at radius 1 is 1.33 bits per heavy atom. The van der Waals surface area contributed by atoms with Crippen LogP contribution >= 0.6 is 11.3 Å². The summed E-state index contributed by atoms with van der Waals surface area (Å²) in [6.45, 7) is 6.17. The van der Waals surface area contributed by atoms with Crippen LogP contribution in [0, 0.1) is 0 Å². The van der Waals surface area contributed by atoms with Gasteiger partial charge in [-0.1, -0.05) is 12.1 Å². The number of thiazole rings is 1. The van der Waals surface area contributed by atoms with Gasteiger partial charge in [0, 0.05) is 44.3 Å². The van der Waals surface area contributed by atoms with Crippen LogP contribution < -0.4 is 15.0 Å². The summed E-state index contributed by atoms with van der Waals surface area (Å²) in [4.78, 5) is 20.7. The Morgan fingerprint density at radius 3 is 2.88 bits per heavy atom. The van der Waals surface area contributed by atoms with Gasteiger partial charge in [-0.3, -0.25) is 0 Å². The molecule has 2 heterocycles. The highest BCUT2D eigenvalue weighted by Crippen LogP contribution is 2.19. The lowest BCUT2D eigenvalue weighted by molar-refractivity contribution is 0.194. The van der Waals surface area contributed by atoms with Gasteiger partial charge in [0.2, 0.25) is 0 Å². The van der Waals surface area contributed by atoms with E-state index in [2.05, 4.69) is 15.2 Å². The maximum absolute atomic E-state index is 12.3. The molecule has 2 amide bonds. The summed E-state index contributed by atoms with van der Waals surface area (Å²) in [6, 6.07) is 7.80. The average molecular weight is 346 g/mol. The highest BCUT2D eigenvalue weighted by atomic mass is 32.1. The molecule has 1 saturated heterocycles. The number of carbonyl (C=O) groups excluding carboxylic acids is 1. The fourth-order valence-corrected chi connectivity index (χ4v) is 3.37. The van der Waals surface area contributed by atoms with Crippen LogP contribution in [0.3, 0.4) is 0 Å². The third kappa shape index (κ3) is 4.17. The molecule has 0 aliphatic carbocycles. The number of nitrogens with zero attached hydrogens (tertiary/aromatic N) is 3. The summed E-state index contributed by atoms with van der Waals surface area (Å²) in [7, 11) is 0. The monoisotopic (exact) mass is 346 g/mol. The van der Waals surface area contributed by atoms with Gasteiger partial charge in [-0.25, -0.2) is 9.78 Å². The Bertz CT molecular complexity index is 654. The lowest BCUT2D eigenvalue weighted by Gasteiger charge is -2.34. The molecule has 0 bridgehead atoms. The van der Waals surface area contributed by atoms with Crippen LogP contribution in [0.1, 0.15) is 12.5 Å². The van der Waals surface area contributed by atoms with E-state index >= 15 is 0 Å². The van der Waals surface area contributed by atoms with E-state index in [1.54, 1.807) is 11.3 Å². The molecule has 1 aliphatic heterocycles. The van der Waals surface area contributed by atoms with Crippen LogP contribution in [-0.4, -0.2) is 48.7 Å². The topological polar surface area (TPSA) is 57.7 Å². The lowest BCUT2D eigenvalue weighted by atomic mass is 10.2. The number of benzene rings is 1. The van der Waals surface area contributed by atoms with Crippen LogP contribution in [-0.2, 0) is 6.54 Å². The second-order valence-corrected chi connectivity index (χ2v) is 6.40. The van der Waals surface area contributed by atoms with Crippen molar-refractivity contribution in [1.82, 2.24) is 15.2 Å². The zero-order valence-corrected chi connectivity index (χ0v) is 14.6. The number of urea groups is 1. The predicted molar refractivity (Wildman–Crippen MR) is 95.7 cm³/mol. The minimum atomic E-state index is -0.0180. The first-order valence-electron chi connectivity index (χ1n) is 8.15. The molecule has 1 aliphatic rings. The van der Waals surface area contributed by atoms with Crippen LogP contribution in [0.15, 0.2) is 35.8 Å². The van der Waals surface area contributed by atoms with Crippen molar-refractivity contribution in [2.75, 3.05) is 37.7 Å². The Balaban J connectivity index is 1.47. The van der Waals surface area contributed by atoms with Crippen molar-refractivity contribution in [1.29, 1.82) is 0 Å². The minimum absolute atomic E-state index is 0.0180. The third-order valence-electron chi connectivity index (χ3n) is 3.91. The minimum Gasteiger partial charge on any atom is -0.494 e. The zero-order valence-electron chi connectivity index (χ0n) is 13.8. The number of carbonyl (C=O) groups is 1. The van der Waals surface area contributed by atoms with Crippen molar-refractivity contribution >= 4 is 22.5 Å². The maximum atomic E-state index is 12.3. The quantitative estimate of drug-likeness (QED) is 0.904. The number of piperazine rings is 1. The molecule has 0 radical (unpaired) electrons. The summed E-state index contributed by atoms with van der Waals surface area (Å²) in [5.41, 5.74) is 1.04. The molecule has 0 saturated carbocycles. The normalized spacial score (nSPS) is 14.5. The smallest absolute Gasteiger partial charge is 0.317 e. The molecule has 2 aromatic rings. The van der Waals surface area contributed by atoms with Gasteiger partial charge in [0.15, 0.2) is 5.13 Å². The van der Waals surface area contributed by atoms with E-state index in [9.17, 15) is 4.79 Å². The fourth-order valence-electron chi connectivity index (χ4n) is 2.67. The highest BCUT2D eigenvalue weighted by molar-refractivity contribution is 7.13. The van der Waals surface area contributed by atoms with E-state index in [-0.39, 0.29) is 6.03 Å². The standard InChI is InChI=1S/C17H22N4O2S/c1-2-23-15-5-3-4-14(12-15)13-19-16(22)20-7-9-21(10-8-20)17-18-6-11-24-17/h3-6,11-12H,2,7-10,13H2,1H3,(H,19,22). The molecule has 24 heavy (non-hydrogen) atoms. The van der Waals surface area contributed by atoms with Gasteiger partial charge in [-0.15, -0.1) is 11.3 Å².